The van der Waals surface area contributed by atoms with Gasteiger partial charge in [0.05, 0.1) is 30.4 Å². The lowest BCUT2D eigenvalue weighted by Gasteiger charge is -2.36. The molecule has 2 unspecified atom stereocenters. The fourth-order valence-electron chi connectivity index (χ4n) is 4.43. The molecule has 0 radical (unpaired) electrons. The predicted molar refractivity (Wildman–Crippen MR) is 125 cm³/mol. The first-order valence-corrected chi connectivity index (χ1v) is 11.3. The first-order valence-electron chi connectivity index (χ1n) is 11.3. The monoisotopic (exact) mass is 474 g/mol. The molecule has 0 bridgehead atoms. The van der Waals surface area contributed by atoms with Crippen molar-refractivity contribution in [3.05, 3.63) is 38.5 Å². The highest BCUT2D eigenvalue weighted by Crippen LogP contribution is 2.30. The van der Waals surface area contributed by atoms with Gasteiger partial charge < -0.3 is 29.9 Å². The number of aromatic amines is 1. The van der Waals surface area contributed by atoms with E-state index in [1.165, 1.54) is 0 Å². The van der Waals surface area contributed by atoms with E-state index in [0.717, 1.165) is 37.4 Å². The number of hydrogen-bond acceptors (Lipinski definition) is 10. The minimum absolute atomic E-state index is 0.00839. The van der Waals surface area contributed by atoms with Crippen LogP contribution in [0.1, 0.15) is 12.0 Å². The number of aryl methyl sites for hydroxylation is 2. The number of aliphatic hydroxyl groups excluding tert-OH is 4. The molecule has 3 heterocycles. The summed E-state index contributed by atoms with van der Waals surface area (Å²) in [7, 11) is 0. The van der Waals surface area contributed by atoms with Gasteiger partial charge in [-0.2, -0.15) is 4.98 Å². The van der Waals surface area contributed by atoms with E-state index in [0.29, 0.717) is 17.6 Å². The number of nitrogens with zero attached hydrogens (tertiary/aromatic N) is 5. The van der Waals surface area contributed by atoms with Gasteiger partial charge in [-0.1, -0.05) is 0 Å². The zero-order chi connectivity index (χ0) is 24.4. The lowest BCUT2D eigenvalue weighted by atomic mass is 10.1. The van der Waals surface area contributed by atoms with Crippen LogP contribution in [-0.2, 0) is 6.54 Å². The highest BCUT2D eigenvalue weighted by Gasteiger charge is 2.24. The maximum Gasteiger partial charge on any atom is 0.349 e. The van der Waals surface area contributed by atoms with Crippen LogP contribution >= 0.6 is 0 Å². The summed E-state index contributed by atoms with van der Waals surface area (Å²) in [6.45, 7) is 5.46. The van der Waals surface area contributed by atoms with Crippen molar-refractivity contribution < 1.29 is 20.4 Å². The van der Waals surface area contributed by atoms with Crippen LogP contribution in [0.15, 0.2) is 21.7 Å². The molecule has 12 heteroatoms. The average molecular weight is 475 g/mol. The van der Waals surface area contributed by atoms with Crippen molar-refractivity contribution in [1.82, 2.24) is 24.4 Å². The average Bonchev–Trinajstić information content (AvgIpc) is 2.82. The summed E-state index contributed by atoms with van der Waals surface area (Å²) >= 11 is 0. The Balaban J connectivity index is 1.80. The Bertz CT molecular complexity index is 1230. The van der Waals surface area contributed by atoms with Gasteiger partial charge in [0.25, 0.3) is 5.56 Å². The number of piperazine rings is 1. The van der Waals surface area contributed by atoms with E-state index in [-0.39, 0.29) is 31.1 Å². The Morgan fingerprint density at radius 3 is 2.44 bits per heavy atom. The Hall–Kier alpha value is -2.90. The van der Waals surface area contributed by atoms with Gasteiger partial charge in [-0.25, -0.2) is 9.78 Å². The summed E-state index contributed by atoms with van der Waals surface area (Å²) in [5, 5.41) is 38.3. The summed E-state index contributed by atoms with van der Waals surface area (Å²) in [5.41, 5.74) is 1.69. The number of aliphatic hydroxyl groups is 4. The van der Waals surface area contributed by atoms with Crippen molar-refractivity contribution in [3.63, 3.8) is 0 Å². The minimum Gasteiger partial charge on any atom is -0.395 e. The van der Waals surface area contributed by atoms with Crippen LogP contribution in [0.5, 0.6) is 0 Å². The number of anilines is 1. The summed E-state index contributed by atoms with van der Waals surface area (Å²) in [5.74, 6) is 0.0921. The molecule has 0 aliphatic carbocycles. The van der Waals surface area contributed by atoms with Gasteiger partial charge in [0.1, 0.15) is 6.10 Å². The molecule has 1 fully saturated rings. The first-order chi connectivity index (χ1) is 16.3. The molecular formula is C22H30N6O6. The molecule has 0 spiro atoms. The third kappa shape index (κ3) is 4.81. The lowest BCUT2D eigenvalue weighted by Crippen LogP contribution is -2.47. The standard InChI is InChI=1S/C22H30N6O6/c1-13-10-14-16(11-15(13)27-6-4-26(5-7-27)8-9-29)28(3-2-17(31)18(32)12-30)20-19(23-14)21(33)25-22(34)24-20/h10-11,17-18,29-32H,2-9,12H2,1H3,(H,25,33,34). The van der Waals surface area contributed by atoms with E-state index < -0.39 is 30.1 Å². The molecule has 12 nitrogen and oxygen atoms in total. The number of benzene rings is 1. The van der Waals surface area contributed by atoms with Gasteiger partial charge in [-0.15, -0.1) is 0 Å². The van der Waals surface area contributed by atoms with E-state index in [9.17, 15) is 24.9 Å². The van der Waals surface area contributed by atoms with Crippen LogP contribution in [0.2, 0.25) is 0 Å². The molecule has 1 aromatic carbocycles. The molecule has 0 saturated carbocycles. The van der Waals surface area contributed by atoms with Crippen molar-refractivity contribution in [3.8, 4) is 11.5 Å². The number of rotatable bonds is 8. The maximum absolute atomic E-state index is 12.4. The SMILES string of the molecule is Cc1cc2nc3c(=O)[nH]c(=O)nc-3n(CCC(O)C(O)CO)c2cc1N1CCN(CCO)CC1. The molecule has 0 aromatic heterocycles. The molecule has 3 aliphatic heterocycles. The molecular weight excluding hydrogens is 444 g/mol. The third-order valence-corrected chi connectivity index (χ3v) is 6.34. The van der Waals surface area contributed by atoms with E-state index in [1.54, 1.807) is 4.57 Å². The summed E-state index contributed by atoms with van der Waals surface area (Å²) in [6, 6.07) is 3.82. The lowest BCUT2D eigenvalue weighted by molar-refractivity contribution is -0.0191. The second-order valence-electron chi connectivity index (χ2n) is 8.59. The highest BCUT2D eigenvalue weighted by molar-refractivity contribution is 5.84. The summed E-state index contributed by atoms with van der Waals surface area (Å²) in [4.78, 5) is 39.4. The zero-order valence-electron chi connectivity index (χ0n) is 19.0. The van der Waals surface area contributed by atoms with Crippen molar-refractivity contribution >= 4 is 16.7 Å². The Morgan fingerprint density at radius 1 is 1.03 bits per heavy atom. The molecule has 3 aliphatic rings. The molecule has 2 atom stereocenters. The number of nitrogens with one attached hydrogen (secondary N) is 1. The van der Waals surface area contributed by atoms with Crippen LogP contribution in [0, 0.1) is 6.92 Å². The van der Waals surface area contributed by atoms with E-state index >= 15 is 0 Å². The minimum atomic E-state index is -1.31. The van der Waals surface area contributed by atoms with Crippen LogP contribution in [-0.4, -0.2) is 103 Å². The smallest absolute Gasteiger partial charge is 0.349 e. The summed E-state index contributed by atoms with van der Waals surface area (Å²) in [6.07, 6.45) is -2.44. The largest absolute Gasteiger partial charge is 0.395 e. The van der Waals surface area contributed by atoms with Crippen molar-refractivity contribution in [2.75, 3.05) is 50.8 Å². The van der Waals surface area contributed by atoms with Crippen LogP contribution < -0.4 is 16.1 Å². The zero-order valence-corrected chi connectivity index (χ0v) is 19.0. The van der Waals surface area contributed by atoms with Gasteiger partial charge in [0.15, 0.2) is 11.5 Å². The van der Waals surface area contributed by atoms with Crippen molar-refractivity contribution in [2.24, 2.45) is 0 Å². The van der Waals surface area contributed by atoms with E-state index in [1.807, 2.05) is 19.1 Å². The van der Waals surface area contributed by atoms with Crippen LogP contribution in [0.3, 0.4) is 0 Å². The van der Waals surface area contributed by atoms with Crippen LogP contribution in [0.25, 0.3) is 22.6 Å². The predicted octanol–water partition coefficient (Wildman–Crippen LogP) is -1.89. The molecule has 5 N–H and O–H groups in total. The topological polar surface area (TPSA) is 168 Å². The number of hydrogen-bond donors (Lipinski definition) is 5. The van der Waals surface area contributed by atoms with Gasteiger partial charge >= 0.3 is 5.69 Å². The van der Waals surface area contributed by atoms with Gasteiger partial charge in [0, 0.05) is 45.0 Å². The molecule has 34 heavy (non-hydrogen) atoms. The number of β-amino-alcohol motifs (C(OH)–C–C–N with tert-alkyl or cyclic N) is 1. The quantitative estimate of drug-likeness (QED) is 0.233. The number of aromatic nitrogens is 4. The van der Waals surface area contributed by atoms with Crippen molar-refractivity contribution in [1.29, 1.82) is 0 Å². The second kappa shape index (κ2) is 10.2. The van der Waals surface area contributed by atoms with Crippen molar-refractivity contribution in [2.45, 2.75) is 32.1 Å². The highest BCUT2D eigenvalue weighted by atomic mass is 16.4. The van der Waals surface area contributed by atoms with Crippen LogP contribution in [0.4, 0.5) is 5.69 Å². The van der Waals surface area contributed by atoms with E-state index in [2.05, 4.69) is 24.8 Å². The van der Waals surface area contributed by atoms with E-state index in [4.69, 9.17) is 5.11 Å². The third-order valence-electron chi connectivity index (χ3n) is 6.34. The first kappa shape index (κ1) is 24.2. The molecule has 1 aromatic rings. The Labute approximate surface area is 195 Å². The summed E-state index contributed by atoms with van der Waals surface area (Å²) < 4.78 is 1.66. The molecule has 4 rings (SSSR count). The fraction of sp³-hybridized carbons (Fsp3) is 0.545. The normalized spacial score (nSPS) is 16.9. The Kier molecular flexibility index (Phi) is 7.24. The maximum atomic E-state index is 12.4. The van der Waals surface area contributed by atoms with Gasteiger partial charge in [-0.05, 0) is 31.0 Å². The van der Waals surface area contributed by atoms with Gasteiger partial charge in [-0.3, -0.25) is 14.7 Å². The second-order valence-corrected chi connectivity index (χ2v) is 8.59. The molecule has 1 saturated heterocycles. The molecule has 184 valence electrons. The Morgan fingerprint density at radius 2 is 1.76 bits per heavy atom. The number of fused-ring (bicyclic) bond motifs is 2. The molecule has 0 amide bonds. The van der Waals surface area contributed by atoms with Gasteiger partial charge in [0.2, 0.25) is 0 Å². The number of H-pyrrole nitrogens is 1. The fourth-order valence-corrected chi connectivity index (χ4v) is 4.43.